The molecule has 0 spiro atoms. The van der Waals surface area contributed by atoms with E-state index in [0.29, 0.717) is 45.9 Å². The summed E-state index contributed by atoms with van der Waals surface area (Å²) in [6.45, 7) is 2.01. The number of fused-ring (bicyclic) bond motifs is 1. The van der Waals surface area contributed by atoms with Crippen LogP contribution in [0, 0.1) is 0 Å². The van der Waals surface area contributed by atoms with Crippen LogP contribution in [-0.2, 0) is 27.2 Å². The lowest BCUT2D eigenvalue weighted by atomic mass is 10.1. The summed E-state index contributed by atoms with van der Waals surface area (Å²) in [4.78, 5) is 43.3. The number of aromatic amines is 1. The van der Waals surface area contributed by atoms with Crippen molar-refractivity contribution in [3.63, 3.8) is 0 Å². The molecule has 0 aliphatic carbocycles. The third-order valence-electron chi connectivity index (χ3n) is 5.79. The van der Waals surface area contributed by atoms with Gasteiger partial charge in [-0.15, -0.1) is 5.10 Å². The number of aromatic nitrogens is 3. The highest BCUT2D eigenvalue weighted by molar-refractivity contribution is 6.36. The van der Waals surface area contributed by atoms with E-state index < -0.39 is 11.9 Å². The van der Waals surface area contributed by atoms with Crippen LogP contribution < -0.4 is 15.0 Å². The standard InChI is InChI=1S/C25H25Cl2N5O5/c1-3-36-22(33)10-8-14-7-9-20-19(11-14)32(2)25(35)18(13-37-20)28-24(34)23-29-21(30-31-23)12-15-16(26)5-4-6-17(15)27/h4-7,9,11,18H,3,8,10,12-13H2,1-2H3,(H,28,34)(H,29,30,31)/t18-/m0/s1. The number of likely N-dealkylation sites (N-methyl/N-ethyl adjacent to an activating group) is 1. The quantitative estimate of drug-likeness (QED) is 0.415. The summed E-state index contributed by atoms with van der Waals surface area (Å²) in [7, 11) is 1.60. The van der Waals surface area contributed by atoms with Gasteiger partial charge in [0, 0.05) is 29.9 Å². The molecule has 0 fully saturated rings. The predicted octanol–water partition coefficient (Wildman–Crippen LogP) is 3.35. The van der Waals surface area contributed by atoms with E-state index in [0.717, 1.165) is 5.56 Å². The second-order valence-electron chi connectivity index (χ2n) is 8.32. The Bertz CT molecular complexity index is 1310. The lowest BCUT2D eigenvalue weighted by molar-refractivity contribution is -0.143. The topological polar surface area (TPSA) is 127 Å². The summed E-state index contributed by atoms with van der Waals surface area (Å²) in [5.74, 6) is -0.534. The van der Waals surface area contributed by atoms with E-state index >= 15 is 0 Å². The maximum absolute atomic E-state index is 13.1. The molecule has 1 atom stereocenters. The van der Waals surface area contributed by atoms with Gasteiger partial charge in [-0.25, -0.2) is 4.98 Å². The number of benzene rings is 2. The molecule has 0 saturated heterocycles. The van der Waals surface area contributed by atoms with Crippen molar-refractivity contribution in [3.8, 4) is 5.75 Å². The van der Waals surface area contributed by atoms with Crippen molar-refractivity contribution in [1.29, 1.82) is 0 Å². The van der Waals surface area contributed by atoms with Crippen molar-refractivity contribution < 1.29 is 23.9 Å². The van der Waals surface area contributed by atoms with Crippen molar-refractivity contribution in [2.75, 3.05) is 25.2 Å². The highest BCUT2D eigenvalue weighted by atomic mass is 35.5. The largest absolute Gasteiger partial charge is 0.489 e. The molecule has 3 aromatic rings. The summed E-state index contributed by atoms with van der Waals surface area (Å²) >= 11 is 12.4. The number of ether oxygens (including phenoxy) is 2. The molecule has 0 unspecified atom stereocenters. The fourth-order valence-electron chi connectivity index (χ4n) is 3.85. The van der Waals surface area contributed by atoms with E-state index in [1.807, 2.05) is 6.07 Å². The van der Waals surface area contributed by atoms with Gasteiger partial charge in [0.2, 0.25) is 5.82 Å². The molecule has 1 aliphatic heterocycles. The third-order valence-corrected chi connectivity index (χ3v) is 6.50. The average molecular weight is 546 g/mol. The summed E-state index contributed by atoms with van der Waals surface area (Å²) in [6, 6.07) is 9.55. The van der Waals surface area contributed by atoms with Gasteiger partial charge in [-0.1, -0.05) is 35.3 Å². The minimum Gasteiger partial charge on any atom is -0.489 e. The Labute approximate surface area is 223 Å². The van der Waals surface area contributed by atoms with Gasteiger partial charge in [-0.3, -0.25) is 19.5 Å². The average Bonchev–Trinajstić information content (AvgIpc) is 3.32. The summed E-state index contributed by atoms with van der Waals surface area (Å²) in [6.07, 6.45) is 0.937. The first-order valence-corrected chi connectivity index (χ1v) is 12.4. The summed E-state index contributed by atoms with van der Waals surface area (Å²) in [5, 5.41) is 10.3. The van der Waals surface area contributed by atoms with Crippen LogP contribution in [0.1, 0.15) is 40.9 Å². The van der Waals surface area contributed by atoms with Crippen LogP contribution >= 0.6 is 23.2 Å². The number of nitrogens with zero attached hydrogens (tertiary/aromatic N) is 3. The molecule has 0 radical (unpaired) electrons. The fourth-order valence-corrected chi connectivity index (χ4v) is 4.38. The Kier molecular flexibility index (Phi) is 8.30. The number of amides is 2. The number of H-pyrrole nitrogens is 1. The fraction of sp³-hybridized carbons (Fsp3) is 0.320. The maximum atomic E-state index is 13.1. The number of halogens is 2. The summed E-state index contributed by atoms with van der Waals surface area (Å²) in [5.41, 5.74) is 2.05. The van der Waals surface area contributed by atoms with Crippen LogP contribution in [0.4, 0.5) is 5.69 Å². The van der Waals surface area contributed by atoms with Gasteiger partial charge in [-0.2, -0.15) is 0 Å². The predicted molar refractivity (Wildman–Crippen MR) is 137 cm³/mol. The van der Waals surface area contributed by atoms with Gasteiger partial charge in [0.15, 0.2) is 0 Å². The molecular formula is C25H25Cl2N5O5. The first-order chi connectivity index (χ1) is 17.8. The van der Waals surface area contributed by atoms with Crippen LogP contribution in [0.25, 0.3) is 0 Å². The lowest BCUT2D eigenvalue weighted by Crippen LogP contribution is -2.49. The molecule has 0 bridgehead atoms. The normalized spacial score (nSPS) is 15.0. The number of hydrogen-bond acceptors (Lipinski definition) is 7. The zero-order valence-corrected chi connectivity index (χ0v) is 21.7. The molecule has 1 aromatic heterocycles. The van der Waals surface area contributed by atoms with Crippen molar-refractivity contribution in [2.24, 2.45) is 0 Å². The number of hydrogen-bond donors (Lipinski definition) is 2. The van der Waals surface area contributed by atoms with E-state index in [4.69, 9.17) is 32.7 Å². The number of rotatable bonds is 8. The van der Waals surface area contributed by atoms with Crippen molar-refractivity contribution in [3.05, 3.63) is 69.2 Å². The van der Waals surface area contributed by atoms with Crippen LogP contribution in [0.15, 0.2) is 36.4 Å². The molecule has 2 heterocycles. The second kappa shape index (κ2) is 11.6. The monoisotopic (exact) mass is 545 g/mol. The minimum atomic E-state index is -0.965. The molecule has 0 saturated carbocycles. The molecule has 2 amide bonds. The number of carbonyl (C=O) groups is 3. The van der Waals surface area contributed by atoms with Gasteiger partial charge in [-0.05, 0) is 48.7 Å². The van der Waals surface area contributed by atoms with Gasteiger partial charge in [0.25, 0.3) is 11.8 Å². The number of carbonyl (C=O) groups excluding carboxylic acids is 3. The Hall–Kier alpha value is -3.63. The SMILES string of the molecule is CCOC(=O)CCc1ccc2c(c1)N(C)C(=O)[C@@H](NC(=O)c1n[nH]c(Cc3c(Cl)cccc3Cl)n1)CO2. The van der Waals surface area contributed by atoms with E-state index in [-0.39, 0.29) is 37.1 Å². The molecule has 2 aromatic carbocycles. The highest BCUT2D eigenvalue weighted by Crippen LogP contribution is 2.32. The first-order valence-electron chi connectivity index (χ1n) is 11.6. The Balaban J connectivity index is 1.42. The highest BCUT2D eigenvalue weighted by Gasteiger charge is 2.32. The van der Waals surface area contributed by atoms with Crippen molar-refractivity contribution >= 4 is 46.7 Å². The Morgan fingerprint density at radius 3 is 2.73 bits per heavy atom. The number of nitrogens with one attached hydrogen (secondary N) is 2. The van der Waals surface area contributed by atoms with Gasteiger partial charge < -0.3 is 19.7 Å². The van der Waals surface area contributed by atoms with Crippen LogP contribution in [0.2, 0.25) is 10.0 Å². The molecule has 12 heteroatoms. The van der Waals surface area contributed by atoms with Crippen LogP contribution in [0.5, 0.6) is 5.75 Å². The lowest BCUT2D eigenvalue weighted by Gasteiger charge is -2.20. The molecule has 194 valence electrons. The Morgan fingerprint density at radius 2 is 2.00 bits per heavy atom. The molecular weight excluding hydrogens is 521 g/mol. The second-order valence-corrected chi connectivity index (χ2v) is 9.14. The minimum absolute atomic E-state index is 0.0728. The van der Waals surface area contributed by atoms with E-state index in [1.54, 1.807) is 44.3 Å². The maximum Gasteiger partial charge on any atom is 0.306 e. The van der Waals surface area contributed by atoms with E-state index in [2.05, 4.69) is 20.5 Å². The Morgan fingerprint density at radius 1 is 1.24 bits per heavy atom. The molecule has 4 rings (SSSR count). The van der Waals surface area contributed by atoms with E-state index in [1.165, 1.54) is 4.90 Å². The van der Waals surface area contributed by atoms with Crippen molar-refractivity contribution in [2.45, 2.75) is 32.2 Å². The number of aryl methyl sites for hydroxylation is 1. The molecule has 2 N–H and O–H groups in total. The van der Waals surface area contributed by atoms with E-state index in [9.17, 15) is 14.4 Å². The van der Waals surface area contributed by atoms with Gasteiger partial charge in [0.05, 0.1) is 12.3 Å². The number of anilines is 1. The van der Waals surface area contributed by atoms with Crippen LogP contribution in [0.3, 0.4) is 0 Å². The zero-order valence-electron chi connectivity index (χ0n) is 20.2. The third kappa shape index (κ3) is 6.20. The molecule has 37 heavy (non-hydrogen) atoms. The van der Waals surface area contributed by atoms with Crippen LogP contribution in [-0.4, -0.2) is 59.3 Å². The number of esters is 1. The molecule has 1 aliphatic rings. The zero-order chi connectivity index (χ0) is 26.5. The van der Waals surface area contributed by atoms with Gasteiger partial charge in [0.1, 0.15) is 24.2 Å². The van der Waals surface area contributed by atoms with Crippen molar-refractivity contribution in [1.82, 2.24) is 20.5 Å². The molecule has 10 nitrogen and oxygen atoms in total. The first kappa shape index (κ1) is 26.4. The van der Waals surface area contributed by atoms with Gasteiger partial charge >= 0.3 is 5.97 Å². The smallest absolute Gasteiger partial charge is 0.306 e. The summed E-state index contributed by atoms with van der Waals surface area (Å²) < 4.78 is 10.8.